The highest BCUT2D eigenvalue weighted by molar-refractivity contribution is 7.12. The highest BCUT2D eigenvalue weighted by Gasteiger charge is 2.15. The molecule has 0 aliphatic rings. The van der Waals surface area contributed by atoms with E-state index in [1.807, 2.05) is 18.4 Å². The van der Waals surface area contributed by atoms with Gasteiger partial charge >= 0.3 is 0 Å². The molecular weight excluding hydrogens is 254 g/mol. The van der Waals surface area contributed by atoms with E-state index < -0.39 is 0 Å². The van der Waals surface area contributed by atoms with E-state index in [-0.39, 0.29) is 6.04 Å². The van der Waals surface area contributed by atoms with Gasteiger partial charge in [0.1, 0.15) is 5.75 Å². The minimum atomic E-state index is 0.236. The van der Waals surface area contributed by atoms with Crippen molar-refractivity contribution in [3.63, 3.8) is 0 Å². The topological polar surface area (TPSA) is 21.3 Å². The van der Waals surface area contributed by atoms with Crippen LogP contribution in [-0.2, 0) is 6.42 Å². The molecule has 0 fully saturated rings. The normalized spacial score (nSPS) is 12.4. The van der Waals surface area contributed by atoms with Gasteiger partial charge in [-0.25, -0.2) is 0 Å². The number of thiophene rings is 1. The summed E-state index contributed by atoms with van der Waals surface area (Å²) in [7, 11) is 3.73. The number of rotatable bonds is 5. The summed E-state index contributed by atoms with van der Waals surface area (Å²) in [6.45, 7) is 4.26. The molecule has 2 nitrogen and oxygen atoms in total. The number of hydrogen-bond donors (Lipinski definition) is 1. The van der Waals surface area contributed by atoms with Crippen LogP contribution < -0.4 is 10.1 Å². The van der Waals surface area contributed by atoms with E-state index in [1.165, 1.54) is 20.9 Å². The quantitative estimate of drug-likeness (QED) is 0.892. The zero-order valence-corrected chi connectivity index (χ0v) is 12.8. The van der Waals surface area contributed by atoms with Crippen molar-refractivity contribution in [2.75, 3.05) is 14.2 Å². The summed E-state index contributed by atoms with van der Waals surface area (Å²) in [5, 5.41) is 3.40. The van der Waals surface area contributed by atoms with Crippen molar-refractivity contribution in [1.29, 1.82) is 0 Å². The third kappa shape index (κ3) is 2.99. The molecule has 0 saturated heterocycles. The fourth-order valence-corrected chi connectivity index (χ4v) is 3.32. The van der Waals surface area contributed by atoms with E-state index in [1.54, 1.807) is 7.11 Å². The van der Waals surface area contributed by atoms with E-state index in [9.17, 15) is 0 Å². The molecule has 1 N–H and O–H groups in total. The van der Waals surface area contributed by atoms with Crippen LogP contribution in [0.4, 0.5) is 0 Å². The molecule has 102 valence electrons. The number of ether oxygens (including phenoxy) is 1. The standard InChI is InChI=1S/C16H21NOS/c1-5-13-8-9-15(19-13)16(17-3)12-7-6-11(2)14(10-12)18-4/h6-10,16-17H,5H2,1-4H3. The van der Waals surface area contributed by atoms with Gasteiger partial charge in [-0.15, -0.1) is 11.3 Å². The van der Waals surface area contributed by atoms with E-state index in [2.05, 4.69) is 49.5 Å². The summed E-state index contributed by atoms with van der Waals surface area (Å²) in [6, 6.07) is 11.1. The van der Waals surface area contributed by atoms with Crippen molar-refractivity contribution >= 4 is 11.3 Å². The molecular formula is C16H21NOS. The molecule has 2 aromatic rings. The Labute approximate surface area is 119 Å². The lowest BCUT2D eigenvalue weighted by molar-refractivity contribution is 0.410. The van der Waals surface area contributed by atoms with Crippen molar-refractivity contribution in [3.05, 3.63) is 51.2 Å². The maximum Gasteiger partial charge on any atom is 0.122 e. The molecule has 1 heterocycles. The van der Waals surface area contributed by atoms with Crippen LogP contribution in [0.5, 0.6) is 5.75 Å². The van der Waals surface area contributed by atoms with E-state index in [4.69, 9.17) is 4.74 Å². The van der Waals surface area contributed by atoms with Crippen LogP contribution >= 0.6 is 11.3 Å². The van der Waals surface area contributed by atoms with Gasteiger partial charge in [-0.3, -0.25) is 0 Å². The van der Waals surface area contributed by atoms with Crippen LogP contribution in [0.3, 0.4) is 0 Å². The fourth-order valence-electron chi connectivity index (χ4n) is 2.23. The summed E-state index contributed by atoms with van der Waals surface area (Å²) < 4.78 is 5.42. The van der Waals surface area contributed by atoms with Gasteiger partial charge in [-0.1, -0.05) is 19.1 Å². The summed E-state index contributed by atoms with van der Waals surface area (Å²) in [5.74, 6) is 0.949. The summed E-state index contributed by atoms with van der Waals surface area (Å²) >= 11 is 1.87. The lowest BCUT2D eigenvalue weighted by atomic mass is 10.0. The SMILES string of the molecule is CCc1ccc(C(NC)c2ccc(C)c(OC)c2)s1. The average molecular weight is 275 g/mol. The molecule has 19 heavy (non-hydrogen) atoms. The predicted octanol–water partition coefficient (Wildman–Crippen LogP) is 3.94. The van der Waals surface area contributed by atoms with Gasteiger partial charge in [-0.05, 0) is 49.7 Å². The lowest BCUT2D eigenvalue weighted by Gasteiger charge is -2.17. The van der Waals surface area contributed by atoms with Crippen LogP contribution in [0, 0.1) is 6.92 Å². The molecule has 1 aromatic carbocycles. The number of nitrogens with one attached hydrogen (secondary N) is 1. The maximum atomic E-state index is 5.42. The summed E-state index contributed by atoms with van der Waals surface area (Å²) in [6.07, 6.45) is 1.10. The third-order valence-corrected chi connectivity index (χ3v) is 4.66. The van der Waals surface area contributed by atoms with Gasteiger partial charge in [0.05, 0.1) is 13.2 Å². The first kappa shape index (κ1) is 14.1. The molecule has 1 aromatic heterocycles. The molecule has 2 rings (SSSR count). The molecule has 0 radical (unpaired) electrons. The van der Waals surface area contributed by atoms with E-state index in [0.717, 1.165) is 12.2 Å². The average Bonchev–Trinajstić information content (AvgIpc) is 2.90. The maximum absolute atomic E-state index is 5.42. The molecule has 0 saturated carbocycles. The fraction of sp³-hybridized carbons (Fsp3) is 0.375. The van der Waals surface area contributed by atoms with Crippen LogP contribution in [0.15, 0.2) is 30.3 Å². The highest BCUT2D eigenvalue weighted by Crippen LogP contribution is 2.31. The Kier molecular flexibility index (Phi) is 4.61. The second-order valence-electron chi connectivity index (χ2n) is 4.61. The van der Waals surface area contributed by atoms with E-state index >= 15 is 0 Å². The molecule has 0 aliphatic carbocycles. The smallest absolute Gasteiger partial charge is 0.122 e. The summed E-state index contributed by atoms with van der Waals surface area (Å²) in [5.41, 5.74) is 2.41. The molecule has 3 heteroatoms. The van der Waals surface area contributed by atoms with Crippen molar-refractivity contribution in [3.8, 4) is 5.75 Å². The molecule has 0 spiro atoms. The van der Waals surface area contributed by atoms with Crippen LogP contribution in [0.1, 0.15) is 33.8 Å². The van der Waals surface area contributed by atoms with Gasteiger partial charge in [0, 0.05) is 9.75 Å². The largest absolute Gasteiger partial charge is 0.496 e. The van der Waals surface area contributed by atoms with Crippen molar-refractivity contribution in [2.45, 2.75) is 26.3 Å². The van der Waals surface area contributed by atoms with Crippen LogP contribution in [0.2, 0.25) is 0 Å². The first-order valence-electron chi connectivity index (χ1n) is 6.60. The Morgan fingerprint density at radius 3 is 2.63 bits per heavy atom. The third-order valence-electron chi connectivity index (χ3n) is 3.37. The summed E-state index contributed by atoms with van der Waals surface area (Å²) in [4.78, 5) is 2.78. The second kappa shape index (κ2) is 6.22. The first-order chi connectivity index (χ1) is 9.19. The lowest BCUT2D eigenvalue weighted by Crippen LogP contribution is -2.16. The monoisotopic (exact) mass is 275 g/mol. The van der Waals surface area contributed by atoms with Crippen molar-refractivity contribution in [1.82, 2.24) is 5.32 Å². The highest BCUT2D eigenvalue weighted by atomic mass is 32.1. The Morgan fingerprint density at radius 2 is 2.05 bits per heavy atom. The van der Waals surface area contributed by atoms with Gasteiger partial charge in [0.2, 0.25) is 0 Å². The van der Waals surface area contributed by atoms with Gasteiger partial charge in [0.15, 0.2) is 0 Å². The molecule has 1 unspecified atom stereocenters. The molecule has 0 bridgehead atoms. The van der Waals surface area contributed by atoms with Crippen LogP contribution in [0.25, 0.3) is 0 Å². The molecule has 1 atom stereocenters. The Balaban J connectivity index is 2.36. The Bertz CT molecular complexity index is 547. The Hall–Kier alpha value is -1.32. The second-order valence-corrected chi connectivity index (χ2v) is 5.81. The zero-order valence-electron chi connectivity index (χ0n) is 12.0. The van der Waals surface area contributed by atoms with Gasteiger partial charge in [0.25, 0.3) is 0 Å². The predicted molar refractivity (Wildman–Crippen MR) is 82.3 cm³/mol. The zero-order chi connectivity index (χ0) is 13.8. The molecule has 0 aliphatic heterocycles. The van der Waals surface area contributed by atoms with E-state index in [0.29, 0.717) is 0 Å². The first-order valence-corrected chi connectivity index (χ1v) is 7.41. The minimum Gasteiger partial charge on any atom is -0.496 e. The van der Waals surface area contributed by atoms with Crippen molar-refractivity contribution in [2.24, 2.45) is 0 Å². The number of aryl methyl sites for hydroxylation is 2. The van der Waals surface area contributed by atoms with Crippen molar-refractivity contribution < 1.29 is 4.74 Å². The number of benzene rings is 1. The molecule has 0 amide bonds. The minimum absolute atomic E-state index is 0.236. The number of hydrogen-bond acceptors (Lipinski definition) is 3. The van der Waals surface area contributed by atoms with Gasteiger partial charge < -0.3 is 10.1 Å². The number of methoxy groups -OCH3 is 1. The van der Waals surface area contributed by atoms with Gasteiger partial charge in [-0.2, -0.15) is 0 Å². The Morgan fingerprint density at radius 1 is 1.26 bits per heavy atom. The van der Waals surface area contributed by atoms with Crippen LogP contribution in [-0.4, -0.2) is 14.2 Å².